The Morgan fingerprint density at radius 2 is 1.88 bits per heavy atom. The Morgan fingerprint density at radius 3 is 2.52 bits per heavy atom. The number of carbonyl (C=O) groups is 1. The molecule has 4 heterocycles. The summed E-state index contributed by atoms with van der Waals surface area (Å²) in [5.74, 6) is -2.90. The first-order chi connectivity index (χ1) is 19.1. The van der Waals surface area contributed by atoms with Gasteiger partial charge in [-0.15, -0.1) is 11.3 Å². The predicted octanol–water partition coefficient (Wildman–Crippen LogP) is 4.65. The third-order valence-electron chi connectivity index (χ3n) is 6.83. The molecule has 0 aliphatic carbocycles. The number of fused-ring (bicyclic) bond motifs is 1. The van der Waals surface area contributed by atoms with Crippen molar-refractivity contribution in [2.24, 2.45) is 4.99 Å². The van der Waals surface area contributed by atoms with Gasteiger partial charge >= 0.3 is 5.97 Å². The highest BCUT2D eigenvalue weighted by molar-refractivity contribution is 7.08. The zero-order chi connectivity index (χ0) is 28.6. The van der Waals surface area contributed by atoms with Gasteiger partial charge in [0.15, 0.2) is 0 Å². The summed E-state index contributed by atoms with van der Waals surface area (Å²) < 4.78 is 54.5. The van der Waals surface area contributed by atoms with Crippen molar-refractivity contribution in [2.45, 2.75) is 25.3 Å². The second-order valence-electron chi connectivity index (χ2n) is 9.36. The molecule has 1 saturated heterocycles. The average molecular weight is 577 g/mol. The number of guanidine groups is 1. The summed E-state index contributed by atoms with van der Waals surface area (Å²) in [6.45, 7) is 2.50. The fourth-order valence-electron chi connectivity index (χ4n) is 4.84. The number of thiophene rings is 1. The van der Waals surface area contributed by atoms with Crippen LogP contribution in [0.25, 0.3) is 0 Å². The first-order valence-electron chi connectivity index (χ1n) is 12.4. The highest BCUT2D eigenvalue weighted by Crippen LogP contribution is 2.47. The van der Waals surface area contributed by atoms with Gasteiger partial charge < -0.3 is 29.3 Å². The number of alkyl halides is 2. The second-order valence-corrected chi connectivity index (χ2v) is 10.2. The van der Waals surface area contributed by atoms with Crippen LogP contribution in [0.4, 0.5) is 30.5 Å². The SMILES string of the molecule is COc1ccnc(N2CCN(C3=Nc4c(csc4F)[C@@H](CC(=O)O)N3c3cc(C(C)(F)F)ccc3OC)CC2)n1. The molecule has 2 aliphatic heterocycles. The normalized spacial score (nSPS) is 17.4. The van der Waals surface area contributed by atoms with Crippen LogP contribution in [0.1, 0.15) is 30.5 Å². The lowest BCUT2D eigenvalue weighted by atomic mass is 9.99. The fourth-order valence-corrected chi connectivity index (χ4v) is 5.61. The molecule has 1 N–H and O–H groups in total. The van der Waals surface area contributed by atoms with Gasteiger partial charge in [-0.1, -0.05) is 0 Å². The maximum absolute atomic E-state index is 14.9. The minimum absolute atomic E-state index is 0.0528. The van der Waals surface area contributed by atoms with Crippen molar-refractivity contribution >= 4 is 40.6 Å². The van der Waals surface area contributed by atoms with Gasteiger partial charge in [0.05, 0.1) is 32.4 Å². The molecular formula is C26H27F3N6O4S. The number of aromatic nitrogens is 2. The lowest BCUT2D eigenvalue weighted by molar-refractivity contribution is -0.137. The molecule has 14 heteroatoms. The van der Waals surface area contributed by atoms with Crippen LogP contribution in [0, 0.1) is 5.13 Å². The van der Waals surface area contributed by atoms with E-state index in [-0.39, 0.29) is 28.6 Å². The van der Waals surface area contributed by atoms with Crippen molar-refractivity contribution in [1.82, 2.24) is 14.9 Å². The van der Waals surface area contributed by atoms with Crippen molar-refractivity contribution in [2.75, 3.05) is 50.2 Å². The maximum atomic E-state index is 14.9. The predicted molar refractivity (Wildman–Crippen MR) is 144 cm³/mol. The number of carboxylic acid groups (broad SMARTS) is 1. The Bertz CT molecular complexity index is 1440. The van der Waals surface area contributed by atoms with Gasteiger partial charge in [-0.05, 0) is 18.2 Å². The molecule has 2 aliphatic rings. The molecule has 3 aromatic rings. The Balaban J connectivity index is 1.58. The molecule has 1 atom stereocenters. The molecule has 0 saturated carbocycles. The first kappa shape index (κ1) is 27.5. The molecule has 212 valence electrons. The molecule has 0 amide bonds. The van der Waals surface area contributed by atoms with Crippen LogP contribution in [-0.2, 0) is 10.7 Å². The van der Waals surface area contributed by atoms with Crippen molar-refractivity contribution in [3.63, 3.8) is 0 Å². The van der Waals surface area contributed by atoms with Gasteiger partial charge in [0.25, 0.3) is 5.92 Å². The highest BCUT2D eigenvalue weighted by Gasteiger charge is 2.40. The lowest BCUT2D eigenvalue weighted by Gasteiger charge is -2.44. The maximum Gasteiger partial charge on any atom is 0.305 e. The molecule has 10 nitrogen and oxygen atoms in total. The molecule has 1 fully saturated rings. The van der Waals surface area contributed by atoms with Crippen LogP contribution in [0.15, 0.2) is 40.8 Å². The molecule has 40 heavy (non-hydrogen) atoms. The molecule has 5 rings (SSSR count). The number of hydrogen-bond acceptors (Lipinski definition) is 10. The fraction of sp³-hybridized carbons (Fsp3) is 0.385. The van der Waals surface area contributed by atoms with Crippen LogP contribution >= 0.6 is 11.3 Å². The van der Waals surface area contributed by atoms with Crippen molar-refractivity contribution in [3.8, 4) is 11.6 Å². The minimum atomic E-state index is -3.17. The van der Waals surface area contributed by atoms with Gasteiger partial charge in [0.2, 0.25) is 22.9 Å². The first-order valence-corrected chi connectivity index (χ1v) is 13.3. The minimum Gasteiger partial charge on any atom is -0.495 e. The molecule has 1 aromatic carbocycles. The zero-order valence-corrected chi connectivity index (χ0v) is 22.8. The monoisotopic (exact) mass is 576 g/mol. The van der Waals surface area contributed by atoms with Gasteiger partial charge in [-0.25, -0.2) is 18.8 Å². The summed E-state index contributed by atoms with van der Waals surface area (Å²) in [7, 11) is 2.92. The van der Waals surface area contributed by atoms with E-state index in [0.717, 1.165) is 18.3 Å². The summed E-state index contributed by atoms with van der Waals surface area (Å²) in [5, 5.41) is 10.8. The Morgan fingerprint density at radius 1 is 1.15 bits per heavy atom. The zero-order valence-electron chi connectivity index (χ0n) is 22.0. The lowest BCUT2D eigenvalue weighted by Crippen LogP contribution is -2.55. The van der Waals surface area contributed by atoms with E-state index in [2.05, 4.69) is 15.0 Å². The van der Waals surface area contributed by atoms with Crippen LogP contribution in [0.3, 0.4) is 0 Å². The summed E-state index contributed by atoms with van der Waals surface area (Å²) in [4.78, 5) is 30.8. The van der Waals surface area contributed by atoms with Crippen LogP contribution in [0.2, 0.25) is 0 Å². The van der Waals surface area contributed by atoms with Gasteiger partial charge in [0.1, 0.15) is 11.4 Å². The van der Waals surface area contributed by atoms with E-state index in [9.17, 15) is 23.1 Å². The van der Waals surface area contributed by atoms with Gasteiger partial charge in [0, 0.05) is 61.9 Å². The third kappa shape index (κ3) is 5.22. The average Bonchev–Trinajstić information content (AvgIpc) is 3.32. The number of benzene rings is 1. The number of rotatable bonds is 7. The molecule has 0 bridgehead atoms. The van der Waals surface area contributed by atoms with Crippen molar-refractivity contribution in [3.05, 3.63) is 52.1 Å². The van der Waals surface area contributed by atoms with Crippen LogP contribution in [0.5, 0.6) is 11.6 Å². The number of piperazine rings is 1. The molecule has 0 unspecified atom stereocenters. The number of nitrogens with zero attached hydrogens (tertiary/aromatic N) is 6. The highest BCUT2D eigenvalue weighted by atomic mass is 32.1. The number of hydrogen-bond donors (Lipinski definition) is 1. The van der Waals surface area contributed by atoms with E-state index < -0.39 is 29.5 Å². The van der Waals surface area contributed by atoms with Crippen molar-refractivity contribution < 1.29 is 32.5 Å². The second kappa shape index (κ2) is 10.8. The summed E-state index contributed by atoms with van der Waals surface area (Å²) in [6.07, 6.45) is 1.18. The number of carboxylic acids is 1. The largest absolute Gasteiger partial charge is 0.495 e. The summed E-state index contributed by atoms with van der Waals surface area (Å²) >= 11 is 0.816. The third-order valence-corrected chi connectivity index (χ3v) is 7.60. The number of aliphatic carboxylic acids is 1. The number of halogens is 3. The number of ether oxygens (including phenoxy) is 2. The molecule has 0 radical (unpaired) electrons. The van der Waals surface area contributed by atoms with Crippen LogP contribution < -0.4 is 19.3 Å². The topological polar surface area (TPSA) is 104 Å². The number of anilines is 2. The summed E-state index contributed by atoms with van der Waals surface area (Å²) in [6, 6.07) is 4.68. The Kier molecular flexibility index (Phi) is 7.45. The molecular weight excluding hydrogens is 549 g/mol. The van der Waals surface area contributed by atoms with E-state index in [4.69, 9.17) is 9.47 Å². The van der Waals surface area contributed by atoms with E-state index in [1.165, 1.54) is 37.8 Å². The molecule has 2 aromatic heterocycles. The number of methoxy groups -OCH3 is 2. The summed E-state index contributed by atoms with van der Waals surface area (Å²) in [5.41, 5.74) is 0.353. The van der Waals surface area contributed by atoms with E-state index in [1.54, 1.807) is 17.2 Å². The quantitative estimate of drug-likeness (QED) is 0.431. The van der Waals surface area contributed by atoms with Crippen molar-refractivity contribution in [1.29, 1.82) is 0 Å². The van der Waals surface area contributed by atoms with E-state index in [1.807, 2.05) is 9.80 Å². The Hall–Kier alpha value is -4.07. The van der Waals surface area contributed by atoms with E-state index in [0.29, 0.717) is 43.6 Å². The van der Waals surface area contributed by atoms with Crippen LogP contribution in [-0.4, -0.2) is 72.3 Å². The number of aliphatic imine (C=N–C) groups is 1. The van der Waals surface area contributed by atoms with Gasteiger partial charge in [-0.3, -0.25) is 4.79 Å². The smallest absolute Gasteiger partial charge is 0.305 e. The van der Waals surface area contributed by atoms with E-state index >= 15 is 0 Å². The Labute approximate surface area is 232 Å². The molecule has 0 spiro atoms. The standard InChI is InChI=1S/C26H27F3N6O4S/c1-26(28,29)15-4-5-19(38-2)18(12-15)35-17(13-21(36)37)16-14-40-23(27)22(16)32-25(35)34-10-8-33(9-11-34)24-30-7-6-20(31-24)39-3/h4-7,12,14,17H,8-11,13H2,1-3H3,(H,36,37)/t17-/m1/s1. The van der Waals surface area contributed by atoms with Gasteiger partial charge in [-0.2, -0.15) is 9.37 Å².